The normalized spacial score (nSPS) is 10.5. The molecule has 0 unspecified atom stereocenters. The molecule has 0 aliphatic carbocycles. The van der Waals surface area contributed by atoms with E-state index in [0.717, 1.165) is 10.8 Å². The number of hydrogen-bond acceptors (Lipinski definition) is 5. The van der Waals surface area contributed by atoms with Crippen LogP contribution < -0.4 is 0 Å². The molecule has 0 aliphatic rings. The average molecular weight is 228 g/mol. The zero-order valence-electron chi connectivity index (χ0n) is 7.06. The third-order valence-corrected chi connectivity index (χ3v) is 4.22. The van der Waals surface area contributed by atoms with Crippen molar-refractivity contribution >= 4 is 34.8 Å². The number of thioether (sulfide) groups is 1. The van der Waals surface area contributed by atoms with E-state index in [1.165, 1.54) is 21.5 Å². The Morgan fingerprint density at radius 1 is 1.46 bits per heavy atom. The predicted octanol–water partition coefficient (Wildman–Crippen LogP) is 3.20. The van der Waals surface area contributed by atoms with Crippen LogP contribution in [0.3, 0.4) is 0 Å². The minimum absolute atomic E-state index is 1.00. The summed E-state index contributed by atoms with van der Waals surface area (Å²) in [6, 6.07) is 4.33. The summed E-state index contributed by atoms with van der Waals surface area (Å²) in [4.78, 5) is 2.77. The largest absolute Gasteiger partial charge is 0.180 e. The molecule has 2 heterocycles. The molecule has 0 bridgehead atoms. The van der Waals surface area contributed by atoms with Crippen LogP contribution in [0.1, 0.15) is 9.75 Å². The molecule has 0 aromatic carbocycles. The van der Waals surface area contributed by atoms with Crippen molar-refractivity contribution in [2.75, 3.05) is 0 Å². The number of rotatable bonds is 3. The number of nitrogens with zero attached hydrogens (tertiary/aromatic N) is 2. The van der Waals surface area contributed by atoms with E-state index in [1.807, 2.05) is 17.5 Å². The summed E-state index contributed by atoms with van der Waals surface area (Å²) in [6.45, 7) is 2.13. The van der Waals surface area contributed by atoms with Gasteiger partial charge in [0.15, 0.2) is 0 Å². The Balaban J connectivity index is 1.93. The van der Waals surface area contributed by atoms with Gasteiger partial charge >= 0.3 is 0 Å². The maximum absolute atomic E-state index is 4.14. The summed E-state index contributed by atoms with van der Waals surface area (Å²) >= 11 is 4.85. The Morgan fingerprint density at radius 2 is 2.38 bits per heavy atom. The Bertz CT molecular complexity index is 366. The molecule has 2 aromatic heterocycles. The van der Waals surface area contributed by atoms with Gasteiger partial charge in [-0.2, -0.15) is 8.75 Å². The van der Waals surface area contributed by atoms with Gasteiger partial charge in [0.05, 0.1) is 17.9 Å². The zero-order chi connectivity index (χ0) is 9.10. The highest BCUT2D eigenvalue weighted by Gasteiger charge is 2.00. The van der Waals surface area contributed by atoms with E-state index in [0.29, 0.717) is 0 Å². The number of aromatic nitrogens is 2. The first-order chi connectivity index (χ1) is 6.34. The summed E-state index contributed by atoms with van der Waals surface area (Å²) in [6.07, 6.45) is 1.82. The van der Waals surface area contributed by atoms with Gasteiger partial charge in [0.2, 0.25) is 0 Å². The molecule has 0 aliphatic heterocycles. The van der Waals surface area contributed by atoms with Crippen LogP contribution in [0.25, 0.3) is 0 Å². The second-order valence-corrected chi connectivity index (χ2v) is 5.47. The van der Waals surface area contributed by atoms with Crippen LogP contribution in [0.2, 0.25) is 0 Å². The molecular formula is C8H8N2S3. The molecule has 68 valence electrons. The Labute approximate surface area is 89.3 Å². The first-order valence-electron chi connectivity index (χ1n) is 3.80. The molecule has 5 heteroatoms. The van der Waals surface area contributed by atoms with Crippen LogP contribution in [0.15, 0.2) is 23.4 Å². The van der Waals surface area contributed by atoms with E-state index in [-0.39, 0.29) is 0 Å². The highest BCUT2D eigenvalue weighted by atomic mass is 32.2. The van der Waals surface area contributed by atoms with Gasteiger partial charge in [0, 0.05) is 15.5 Å². The number of hydrogen-bond donors (Lipinski definition) is 0. The Morgan fingerprint density at radius 3 is 3.00 bits per heavy atom. The highest BCUT2D eigenvalue weighted by molar-refractivity contribution is 7.98. The molecule has 2 nitrogen and oxygen atoms in total. The van der Waals surface area contributed by atoms with E-state index < -0.39 is 0 Å². The second-order valence-electron chi connectivity index (χ2n) is 2.55. The van der Waals surface area contributed by atoms with E-state index in [9.17, 15) is 0 Å². The molecule has 2 aromatic rings. The minimum Gasteiger partial charge on any atom is -0.180 e. The minimum atomic E-state index is 1.00. The van der Waals surface area contributed by atoms with Crippen LogP contribution in [-0.2, 0) is 5.75 Å². The van der Waals surface area contributed by atoms with Crippen molar-refractivity contribution < 1.29 is 0 Å². The SMILES string of the molecule is Cc1ccc(CSc2cnsn2)s1. The summed E-state index contributed by atoms with van der Waals surface area (Å²) < 4.78 is 8.09. The topological polar surface area (TPSA) is 25.8 Å². The fourth-order valence-corrected chi connectivity index (χ4v) is 3.24. The fourth-order valence-electron chi connectivity index (χ4n) is 0.927. The molecule has 0 atom stereocenters. The first-order valence-corrected chi connectivity index (χ1v) is 6.33. The van der Waals surface area contributed by atoms with Gasteiger partial charge < -0.3 is 0 Å². The smallest absolute Gasteiger partial charge is 0.130 e. The van der Waals surface area contributed by atoms with E-state index in [1.54, 1.807) is 11.8 Å². The first kappa shape index (κ1) is 9.18. The van der Waals surface area contributed by atoms with E-state index in [2.05, 4.69) is 27.8 Å². The summed E-state index contributed by atoms with van der Waals surface area (Å²) in [5.74, 6) is 1.00. The lowest BCUT2D eigenvalue weighted by atomic mass is 10.5. The Kier molecular flexibility index (Phi) is 2.97. The molecule has 13 heavy (non-hydrogen) atoms. The lowest BCUT2D eigenvalue weighted by Crippen LogP contribution is -1.72. The van der Waals surface area contributed by atoms with Gasteiger partial charge in [-0.05, 0) is 19.1 Å². The molecule has 0 saturated carbocycles. The molecule has 0 saturated heterocycles. The van der Waals surface area contributed by atoms with Crippen LogP contribution in [0, 0.1) is 6.92 Å². The molecular weight excluding hydrogens is 220 g/mol. The second kappa shape index (κ2) is 4.21. The predicted molar refractivity (Wildman–Crippen MR) is 58.5 cm³/mol. The molecule has 0 N–H and O–H groups in total. The van der Waals surface area contributed by atoms with Crippen molar-refractivity contribution in [3.05, 3.63) is 28.1 Å². The van der Waals surface area contributed by atoms with Crippen molar-refractivity contribution in [1.29, 1.82) is 0 Å². The summed E-state index contributed by atoms with van der Waals surface area (Å²) in [5, 5.41) is 1.02. The van der Waals surface area contributed by atoms with Gasteiger partial charge in [0.25, 0.3) is 0 Å². The lowest BCUT2D eigenvalue weighted by molar-refractivity contribution is 1.26. The molecule has 0 spiro atoms. The van der Waals surface area contributed by atoms with Gasteiger partial charge in [-0.1, -0.05) is 11.8 Å². The summed E-state index contributed by atoms with van der Waals surface area (Å²) in [7, 11) is 0. The van der Waals surface area contributed by atoms with Gasteiger partial charge in [-0.25, -0.2) is 0 Å². The average Bonchev–Trinajstić information content (AvgIpc) is 2.71. The van der Waals surface area contributed by atoms with Crippen molar-refractivity contribution in [2.45, 2.75) is 17.7 Å². The van der Waals surface area contributed by atoms with Crippen molar-refractivity contribution in [3.63, 3.8) is 0 Å². The van der Waals surface area contributed by atoms with Crippen molar-refractivity contribution in [2.24, 2.45) is 0 Å². The van der Waals surface area contributed by atoms with Crippen LogP contribution in [-0.4, -0.2) is 8.75 Å². The number of thiophene rings is 1. The monoisotopic (exact) mass is 228 g/mol. The maximum Gasteiger partial charge on any atom is 0.130 e. The summed E-state index contributed by atoms with van der Waals surface area (Å²) in [5.41, 5.74) is 0. The third-order valence-electron chi connectivity index (χ3n) is 1.50. The Hall–Kier alpha value is -0.390. The van der Waals surface area contributed by atoms with Crippen molar-refractivity contribution in [3.8, 4) is 0 Å². The molecule has 0 fully saturated rings. The third kappa shape index (κ3) is 2.52. The van der Waals surface area contributed by atoms with Crippen LogP contribution in [0.4, 0.5) is 0 Å². The van der Waals surface area contributed by atoms with Gasteiger partial charge in [-0.15, -0.1) is 11.3 Å². The van der Waals surface area contributed by atoms with Gasteiger partial charge in [0.1, 0.15) is 5.03 Å². The lowest BCUT2D eigenvalue weighted by Gasteiger charge is -1.91. The molecule has 0 amide bonds. The van der Waals surface area contributed by atoms with E-state index >= 15 is 0 Å². The van der Waals surface area contributed by atoms with E-state index in [4.69, 9.17) is 0 Å². The fraction of sp³-hybridized carbons (Fsp3) is 0.250. The van der Waals surface area contributed by atoms with Crippen LogP contribution in [0.5, 0.6) is 0 Å². The maximum atomic E-state index is 4.14. The quantitative estimate of drug-likeness (QED) is 0.754. The van der Waals surface area contributed by atoms with Crippen LogP contribution >= 0.6 is 34.8 Å². The standard InChI is InChI=1S/C8H8N2S3/c1-6-2-3-7(12-6)5-11-8-4-9-13-10-8/h2-4H,5H2,1H3. The highest BCUT2D eigenvalue weighted by Crippen LogP contribution is 2.25. The van der Waals surface area contributed by atoms with Crippen molar-refractivity contribution in [1.82, 2.24) is 8.75 Å². The molecule has 0 radical (unpaired) electrons. The van der Waals surface area contributed by atoms with Gasteiger partial charge in [-0.3, -0.25) is 0 Å². The zero-order valence-corrected chi connectivity index (χ0v) is 9.51. The molecule has 2 rings (SSSR count). The number of aryl methyl sites for hydroxylation is 1.